The number of rotatable bonds is 60. The highest BCUT2D eigenvalue weighted by Gasteiger charge is 2.19. The van der Waals surface area contributed by atoms with E-state index >= 15 is 0 Å². The molecule has 0 aliphatic rings. The predicted molar refractivity (Wildman–Crippen MR) is 334 cm³/mol. The number of hydrogen-bond donors (Lipinski definition) is 0. The summed E-state index contributed by atoms with van der Waals surface area (Å²) >= 11 is 0. The Balaban J connectivity index is 4.35. The molecule has 0 aromatic carbocycles. The van der Waals surface area contributed by atoms with Crippen LogP contribution in [-0.2, 0) is 28.6 Å². The van der Waals surface area contributed by atoms with Crippen molar-refractivity contribution in [3.05, 3.63) is 85.1 Å². The molecule has 77 heavy (non-hydrogen) atoms. The Morgan fingerprint density at radius 2 is 0.506 bits per heavy atom. The topological polar surface area (TPSA) is 78.9 Å². The Morgan fingerprint density at radius 3 is 0.792 bits per heavy atom. The normalized spacial score (nSPS) is 12.6. The SMILES string of the molecule is CC/C=C\C/C=C\C/C=C\C/C=C\CCCCCCCCC(=O)OC(COC(=O)CCCCCCCCCCCC/C=C\C/C=C\C/C=C\CCCCCCC)COC(=O)CCCCCCCCCCCCCCCCC. The Morgan fingerprint density at radius 1 is 0.273 bits per heavy atom. The third kappa shape index (κ3) is 63.3. The van der Waals surface area contributed by atoms with Gasteiger partial charge in [-0.2, -0.15) is 0 Å². The zero-order chi connectivity index (χ0) is 55.7. The molecule has 0 aliphatic heterocycles. The lowest BCUT2D eigenvalue weighted by atomic mass is 10.0. The van der Waals surface area contributed by atoms with E-state index in [0.29, 0.717) is 19.3 Å². The van der Waals surface area contributed by atoms with E-state index in [1.807, 2.05) is 0 Å². The van der Waals surface area contributed by atoms with Crippen molar-refractivity contribution in [3.63, 3.8) is 0 Å². The average molecular weight is 1070 g/mol. The monoisotopic (exact) mass is 1070 g/mol. The molecule has 0 N–H and O–H groups in total. The zero-order valence-electron chi connectivity index (χ0n) is 51.0. The van der Waals surface area contributed by atoms with Crippen LogP contribution in [0.5, 0.6) is 0 Å². The van der Waals surface area contributed by atoms with Crippen molar-refractivity contribution in [2.45, 2.75) is 335 Å². The number of carbonyl (C=O) groups excluding carboxylic acids is 3. The van der Waals surface area contributed by atoms with Gasteiger partial charge in [-0.15, -0.1) is 0 Å². The molecule has 444 valence electrons. The quantitative estimate of drug-likeness (QED) is 0.0261. The van der Waals surface area contributed by atoms with Crippen LogP contribution < -0.4 is 0 Å². The van der Waals surface area contributed by atoms with Crippen LogP contribution in [0.1, 0.15) is 329 Å². The minimum Gasteiger partial charge on any atom is -0.462 e. The molecule has 0 spiro atoms. The van der Waals surface area contributed by atoms with Crippen molar-refractivity contribution in [1.29, 1.82) is 0 Å². The predicted octanol–water partition coefficient (Wildman–Crippen LogP) is 22.7. The van der Waals surface area contributed by atoms with Gasteiger partial charge in [0.2, 0.25) is 0 Å². The van der Waals surface area contributed by atoms with E-state index < -0.39 is 6.10 Å². The van der Waals surface area contributed by atoms with Crippen molar-refractivity contribution in [2.24, 2.45) is 0 Å². The summed E-state index contributed by atoms with van der Waals surface area (Å²) in [7, 11) is 0. The van der Waals surface area contributed by atoms with Gasteiger partial charge >= 0.3 is 17.9 Å². The number of unbranched alkanes of at least 4 members (excludes halogenated alkanes) is 35. The summed E-state index contributed by atoms with van der Waals surface area (Å²) in [5.41, 5.74) is 0. The number of ether oxygens (including phenoxy) is 3. The summed E-state index contributed by atoms with van der Waals surface area (Å²) < 4.78 is 17.0. The summed E-state index contributed by atoms with van der Waals surface area (Å²) in [6.45, 7) is 6.54. The van der Waals surface area contributed by atoms with Crippen LogP contribution in [0.25, 0.3) is 0 Å². The second-order valence-electron chi connectivity index (χ2n) is 22.0. The van der Waals surface area contributed by atoms with E-state index in [2.05, 4.69) is 106 Å². The van der Waals surface area contributed by atoms with Crippen LogP contribution in [-0.4, -0.2) is 37.2 Å². The molecule has 0 saturated heterocycles. The summed E-state index contributed by atoms with van der Waals surface area (Å²) in [4.78, 5) is 38.4. The number of hydrogen-bond acceptors (Lipinski definition) is 6. The molecule has 1 atom stereocenters. The van der Waals surface area contributed by atoms with Crippen LogP contribution in [0.4, 0.5) is 0 Å². The van der Waals surface area contributed by atoms with Crippen LogP contribution in [0.15, 0.2) is 85.1 Å². The van der Waals surface area contributed by atoms with Gasteiger partial charge in [-0.05, 0) is 96.3 Å². The molecule has 1 unspecified atom stereocenters. The van der Waals surface area contributed by atoms with E-state index in [1.165, 1.54) is 180 Å². The first-order chi connectivity index (χ1) is 38.0. The van der Waals surface area contributed by atoms with E-state index in [9.17, 15) is 14.4 Å². The van der Waals surface area contributed by atoms with Crippen molar-refractivity contribution in [1.82, 2.24) is 0 Å². The molecule has 0 aromatic rings. The smallest absolute Gasteiger partial charge is 0.306 e. The highest BCUT2D eigenvalue weighted by molar-refractivity contribution is 5.71. The van der Waals surface area contributed by atoms with Crippen LogP contribution in [0.3, 0.4) is 0 Å². The molecular weight excluding hydrogens is 949 g/mol. The zero-order valence-corrected chi connectivity index (χ0v) is 51.0. The average Bonchev–Trinajstić information content (AvgIpc) is 3.43. The number of allylic oxidation sites excluding steroid dienone is 14. The Labute approximate surface area is 477 Å². The van der Waals surface area contributed by atoms with E-state index in [1.54, 1.807) is 0 Å². The van der Waals surface area contributed by atoms with Gasteiger partial charge in [-0.25, -0.2) is 0 Å². The second-order valence-corrected chi connectivity index (χ2v) is 22.0. The molecule has 0 bridgehead atoms. The van der Waals surface area contributed by atoms with Gasteiger partial charge < -0.3 is 14.2 Å². The van der Waals surface area contributed by atoms with E-state index in [4.69, 9.17) is 14.2 Å². The van der Waals surface area contributed by atoms with Gasteiger partial charge in [0.05, 0.1) is 0 Å². The lowest BCUT2D eigenvalue weighted by Gasteiger charge is -2.18. The van der Waals surface area contributed by atoms with Gasteiger partial charge in [-0.3, -0.25) is 14.4 Å². The molecule has 0 amide bonds. The summed E-state index contributed by atoms with van der Waals surface area (Å²) in [5.74, 6) is -0.884. The number of esters is 3. The van der Waals surface area contributed by atoms with Gasteiger partial charge in [0.25, 0.3) is 0 Å². The standard InChI is InChI=1S/C71H124O6/c1-4-7-10-13-16-19-22-25-28-30-32-33-34-35-36-37-39-40-43-46-49-52-55-58-61-64-70(73)76-67-68(66-75-69(72)63-60-57-54-51-48-45-42-27-24-21-18-15-12-9-6-3)77-71(74)65-62-59-56-53-50-47-44-41-38-31-29-26-23-20-17-14-11-8-5-2/h8,11,17,20,22,25-26,29-30,32,34-35,38,41,68H,4-7,9-10,12-16,18-19,21,23-24,27-28,31,33,36-37,39-40,42-67H2,1-3H3/b11-8-,20-17-,25-22-,29-26-,32-30-,35-34-,41-38-. The summed E-state index contributed by atoms with van der Waals surface area (Å²) in [6, 6.07) is 0. The largest absolute Gasteiger partial charge is 0.462 e. The molecular formula is C71H124O6. The Kier molecular flexibility index (Phi) is 62.2. The maximum absolute atomic E-state index is 12.9. The van der Waals surface area contributed by atoms with Gasteiger partial charge in [0.15, 0.2) is 6.10 Å². The lowest BCUT2D eigenvalue weighted by Crippen LogP contribution is -2.30. The first-order valence-electron chi connectivity index (χ1n) is 33.1. The van der Waals surface area contributed by atoms with Gasteiger partial charge in [-0.1, -0.05) is 298 Å². The van der Waals surface area contributed by atoms with Crippen molar-refractivity contribution in [3.8, 4) is 0 Å². The maximum Gasteiger partial charge on any atom is 0.306 e. The summed E-state index contributed by atoms with van der Waals surface area (Å²) in [6.07, 6.45) is 85.9. The van der Waals surface area contributed by atoms with E-state index in [-0.39, 0.29) is 31.1 Å². The van der Waals surface area contributed by atoms with Crippen LogP contribution in [0.2, 0.25) is 0 Å². The molecule has 6 heteroatoms. The summed E-state index contributed by atoms with van der Waals surface area (Å²) in [5, 5.41) is 0. The van der Waals surface area contributed by atoms with Crippen molar-refractivity contribution in [2.75, 3.05) is 13.2 Å². The molecule has 0 fully saturated rings. The number of carbonyl (C=O) groups is 3. The maximum atomic E-state index is 12.9. The molecule has 6 nitrogen and oxygen atoms in total. The highest BCUT2D eigenvalue weighted by atomic mass is 16.6. The molecule has 0 heterocycles. The fourth-order valence-corrected chi connectivity index (χ4v) is 9.44. The van der Waals surface area contributed by atoms with Gasteiger partial charge in [0, 0.05) is 19.3 Å². The molecule has 0 rings (SSSR count). The van der Waals surface area contributed by atoms with E-state index in [0.717, 1.165) is 109 Å². The lowest BCUT2D eigenvalue weighted by molar-refractivity contribution is -0.167. The fraction of sp³-hybridized carbons (Fsp3) is 0.761. The first-order valence-corrected chi connectivity index (χ1v) is 33.1. The first kappa shape index (κ1) is 73.6. The third-order valence-electron chi connectivity index (χ3n) is 14.4. The molecule has 0 saturated carbocycles. The van der Waals surface area contributed by atoms with Crippen LogP contribution >= 0.6 is 0 Å². The molecule has 0 aromatic heterocycles. The molecule has 0 radical (unpaired) electrons. The highest BCUT2D eigenvalue weighted by Crippen LogP contribution is 2.17. The van der Waals surface area contributed by atoms with Crippen LogP contribution in [0, 0.1) is 0 Å². The van der Waals surface area contributed by atoms with Crippen molar-refractivity contribution < 1.29 is 28.6 Å². The Bertz CT molecular complexity index is 1470. The minimum absolute atomic E-state index is 0.0808. The second kappa shape index (κ2) is 65.1. The van der Waals surface area contributed by atoms with Crippen molar-refractivity contribution >= 4 is 17.9 Å². The Hall–Kier alpha value is -3.41. The molecule has 0 aliphatic carbocycles. The fourth-order valence-electron chi connectivity index (χ4n) is 9.44. The third-order valence-corrected chi connectivity index (χ3v) is 14.4. The van der Waals surface area contributed by atoms with Gasteiger partial charge in [0.1, 0.15) is 13.2 Å². The minimum atomic E-state index is -0.786.